The first kappa shape index (κ1) is 6.88. The van der Waals surface area contributed by atoms with E-state index < -0.39 is 0 Å². The third kappa shape index (κ3) is 4.88. The maximum Gasteiger partial charge on any atom is 0.135 e. The second kappa shape index (κ2) is 5.88. The van der Waals surface area contributed by atoms with Crippen LogP contribution in [0.4, 0.5) is 0 Å². The maximum atomic E-state index is 3.68. The molecule has 0 aliphatic heterocycles. The molecule has 0 spiro atoms. The number of hydrazone groups is 1. The monoisotopic (exact) mass is 111 g/mol. The molecule has 0 fully saturated rings. The van der Waals surface area contributed by atoms with Gasteiger partial charge in [0.2, 0.25) is 0 Å². The summed E-state index contributed by atoms with van der Waals surface area (Å²) in [4.78, 5) is 3.68. The van der Waals surface area contributed by atoms with Crippen LogP contribution in [-0.2, 0) is 0 Å². The van der Waals surface area contributed by atoms with Crippen molar-refractivity contribution in [3.8, 4) is 0 Å². The van der Waals surface area contributed by atoms with Gasteiger partial charge < -0.3 is 0 Å². The lowest BCUT2D eigenvalue weighted by Crippen LogP contribution is -1.89. The summed E-state index contributed by atoms with van der Waals surface area (Å²) < 4.78 is 0. The Labute approximate surface area is 48.8 Å². The van der Waals surface area contributed by atoms with E-state index in [0.717, 1.165) is 0 Å². The lowest BCUT2D eigenvalue weighted by Gasteiger charge is -1.80. The zero-order valence-corrected chi connectivity index (χ0v) is 4.83. The van der Waals surface area contributed by atoms with Crippen LogP contribution >= 0.6 is 0 Å². The zero-order chi connectivity index (χ0) is 6.24. The van der Waals surface area contributed by atoms with Crippen molar-refractivity contribution in [2.45, 2.75) is 6.92 Å². The number of hydrogen-bond donors (Lipinski definition) is 1. The summed E-state index contributed by atoms with van der Waals surface area (Å²) in [6.07, 6.45) is 4.53. The molecular formula is C5H9N3. The van der Waals surface area contributed by atoms with Gasteiger partial charge in [-0.2, -0.15) is 5.10 Å². The molecule has 1 N–H and O–H groups in total. The van der Waals surface area contributed by atoms with E-state index >= 15 is 0 Å². The van der Waals surface area contributed by atoms with E-state index in [1.807, 2.05) is 6.92 Å². The highest BCUT2D eigenvalue weighted by molar-refractivity contribution is 5.70. The molecule has 0 aromatic rings. The summed E-state index contributed by atoms with van der Waals surface area (Å²) in [7, 11) is 0. The number of hydrogen-bond acceptors (Lipinski definition) is 2. The van der Waals surface area contributed by atoms with Gasteiger partial charge in [0.1, 0.15) is 6.34 Å². The molecule has 0 rings (SSSR count). The number of nitrogens with one attached hydrogen (secondary N) is 1. The van der Waals surface area contributed by atoms with Crippen molar-refractivity contribution < 1.29 is 0 Å². The highest BCUT2D eigenvalue weighted by Crippen LogP contribution is 1.57. The second-order valence-corrected chi connectivity index (χ2v) is 0.985. The second-order valence-electron chi connectivity index (χ2n) is 0.985. The Morgan fingerprint density at radius 3 is 2.88 bits per heavy atom. The average Bonchev–Trinajstić information content (AvgIpc) is 1.81. The Morgan fingerprint density at radius 2 is 2.38 bits per heavy atom. The fraction of sp³-hybridized carbons (Fsp3) is 0.200. The van der Waals surface area contributed by atoms with Gasteiger partial charge in [-0.25, -0.2) is 4.99 Å². The quantitative estimate of drug-likeness (QED) is 0.325. The first-order valence-electron chi connectivity index (χ1n) is 2.27. The smallest absolute Gasteiger partial charge is 0.135 e. The number of aliphatic imine (C=N–C) groups is 1. The molecule has 0 aromatic heterocycles. The van der Waals surface area contributed by atoms with Gasteiger partial charge >= 0.3 is 0 Å². The van der Waals surface area contributed by atoms with Crippen LogP contribution in [0.5, 0.6) is 0 Å². The van der Waals surface area contributed by atoms with Gasteiger partial charge in [-0.05, 0) is 6.92 Å². The molecule has 3 nitrogen and oxygen atoms in total. The zero-order valence-electron chi connectivity index (χ0n) is 4.83. The molecule has 3 heteroatoms. The van der Waals surface area contributed by atoms with Crippen molar-refractivity contribution >= 4 is 12.6 Å². The first-order chi connectivity index (χ1) is 3.91. The van der Waals surface area contributed by atoms with Crippen LogP contribution in [0, 0.1) is 0 Å². The third-order valence-electron chi connectivity index (χ3n) is 0.439. The predicted molar refractivity (Wildman–Crippen MR) is 36.0 cm³/mol. The standard InChI is InChI=1S/C5H9N3/c1-3-6-5-8-7-4-2/h3-5,7H,2H2,1H3/b6-3+,8-5-. The van der Waals surface area contributed by atoms with Crippen LogP contribution in [0.15, 0.2) is 22.9 Å². The summed E-state index contributed by atoms with van der Waals surface area (Å²) in [5.74, 6) is 0. The van der Waals surface area contributed by atoms with Crippen molar-refractivity contribution in [3.05, 3.63) is 12.8 Å². The minimum Gasteiger partial charge on any atom is -0.285 e. The van der Waals surface area contributed by atoms with Crippen molar-refractivity contribution in [1.29, 1.82) is 0 Å². The van der Waals surface area contributed by atoms with Gasteiger partial charge in [0, 0.05) is 12.4 Å². The van der Waals surface area contributed by atoms with Crippen LogP contribution < -0.4 is 5.43 Å². The third-order valence-corrected chi connectivity index (χ3v) is 0.439. The van der Waals surface area contributed by atoms with Crippen LogP contribution in [-0.4, -0.2) is 12.6 Å². The van der Waals surface area contributed by atoms with Crippen LogP contribution in [0.3, 0.4) is 0 Å². The molecule has 0 amide bonds. The van der Waals surface area contributed by atoms with Gasteiger partial charge in [0.25, 0.3) is 0 Å². The van der Waals surface area contributed by atoms with E-state index in [2.05, 4.69) is 22.1 Å². The maximum absolute atomic E-state index is 3.68. The summed E-state index contributed by atoms with van der Waals surface area (Å²) in [6, 6.07) is 0. The Bertz CT molecular complexity index is 104. The fourth-order valence-corrected chi connectivity index (χ4v) is 0.186. The molecule has 8 heavy (non-hydrogen) atoms. The average molecular weight is 111 g/mol. The normalized spacial score (nSPS) is 10.6. The van der Waals surface area contributed by atoms with Crippen molar-refractivity contribution in [2.24, 2.45) is 10.1 Å². The predicted octanol–water partition coefficient (Wildman–Crippen LogP) is 0.754. The van der Waals surface area contributed by atoms with Gasteiger partial charge in [0.05, 0.1) is 0 Å². The van der Waals surface area contributed by atoms with Crippen LogP contribution in [0.2, 0.25) is 0 Å². The molecule has 0 unspecified atom stereocenters. The molecule has 0 saturated carbocycles. The van der Waals surface area contributed by atoms with Crippen LogP contribution in [0.1, 0.15) is 6.92 Å². The molecule has 0 heterocycles. The summed E-state index contributed by atoms with van der Waals surface area (Å²) >= 11 is 0. The summed E-state index contributed by atoms with van der Waals surface area (Å²) in [5.41, 5.74) is 2.50. The highest BCUT2D eigenvalue weighted by Gasteiger charge is 1.57. The molecule has 0 radical (unpaired) electrons. The van der Waals surface area contributed by atoms with Crippen molar-refractivity contribution in [1.82, 2.24) is 5.43 Å². The van der Waals surface area contributed by atoms with Crippen LogP contribution in [0.25, 0.3) is 0 Å². The first-order valence-corrected chi connectivity index (χ1v) is 2.27. The SMILES string of the molecule is C=CN/N=C\N=C\C. The minimum absolute atomic E-state index is 1.40. The number of rotatable bonds is 3. The molecule has 0 aliphatic carbocycles. The topological polar surface area (TPSA) is 36.8 Å². The van der Waals surface area contributed by atoms with Gasteiger partial charge in [-0.3, -0.25) is 5.43 Å². The van der Waals surface area contributed by atoms with Gasteiger partial charge in [-0.1, -0.05) is 6.58 Å². The van der Waals surface area contributed by atoms with E-state index in [0.29, 0.717) is 0 Å². The Kier molecular flexibility index (Phi) is 5.06. The highest BCUT2D eigenvalue weighted by atomic mass is 15.3. The lowest BCUT2D eigenvalue weighted by atomic mass is 10.9. The number of nitrogens with zero attached hydrogens (tertiary/aromatic N) is 2. The molecule has 0 aromatic carbocycles. The van der Waals surface area contributed by atoms with E-state index in [-0.39, 0.29) is 0 Å². The summed E-state index contributed by atoms with van der Waals surface area (Å²) in [5, 5.41) is 3.59. The Morgan fingerprint density at radius 1 is 1.62 bits per heavy atom. The van der Waals surface area contributed by atoms with Crippen molar-refractivity contribution in [3.63, 3.8) is 0 Å². The van der Waals surface area contributed by atoms with Gasteiger partial charge in [-0.15, -0.1) is 0 Å². The van der Waals surface area contributed by atoms with E-state index in [4.69, 9.17) is 0 Å². The van der Waals surface area contributed by atoms with Crippen molar-refractivity contribution in [2.75, 3.05) is 0 Å². The fourth-order valence-electron chi connectivity index (χ4n) is 0.186. The largest absolute Gasteiger partial charge is 0.285 e. The molecular weight excluding hydrogens is 102 g/mol. The Hall–Kier alpha value is -1.12. The summed E-state index contributed by atoms with van der Waals surface area (Å²) in [6.45, 7) is 5.20. The van der Waals surface area contributed by atoms with E-state index in [1.54, 1.807) is 6.21 Å². The van der Waals surface area contributed by atoms with E-state index in [1.165, 1.54) is 12.5 Å². The molecule has 0 aliphatic rings. The van der Waals surface area contributed by atoms with E-state index in [9.17, 15) is 0 Å². The molecule has 44 valence electrons. The van der Waals surface area contributed by atoms with Gasteiger partial charge in [0.15, 0.2) is 0 Å². The molecule has 0 bridgehead atoms. The molecule has 0 atom stereocenters. The molecule has 0 saturated heterocycles. The Balaban J connectivity index is 3.19. The minimum atomic E-state index is 1.40. The lowest BCUT2D eigenvalue weighted by molar-refractivity contribution is 0.976.